The van der Waals surface area contributed by atoms with Crippen LogP contribution in [0.15, 0.2) is 45.5 Å². The van der Waals surface area contributed by atoms with Gasteiger partial charge in [0.25, 0.3) is 0 Å². The Hall–Kier alpha value is -1.000. The molecule has 2 nitrogen and oxygen atoms in total. The summed E-state index contributed by atoms with van der Waals surface area (Å²) in [5, 5.41) is 0. The highest BCUT2D eigenvalue weighted by Gasteiger charge is 2.13. The molecule has 0 radical (unpaired) electrons. The van der Waals surface area contributed by atoms with Crippen molar-refractivity contribution in [3.05, 3.63) is 62.3 Å². The average molecular weight is 369 g/mol. The molecule has 0 saturated carbocycles. The lowest BCUT2D eigenvalue weighted by atomic mass is 10.0. The summed E-state index contributed by atoms with van der Waals surface area (Å²) < 4.78 is 1.70. The summed E-state index contributed by atoms with van der Waals surface area (Å²) in [6.45, 7) is 1.96. The third kappa shape index (κ3) is 3.06. The maximum absolute atomic E-state index is 12.2. The summed E-state index contributed by atoms with van der Waals surface area (Å²) in [5.41, 5.74) is 2.54. The van der Waals surface area contributed by atoms with Crippen molar-refractivity contribution < 1.29 is 4.79 Å². The quantitative estimate of drug-likeness (QED) is 0.754. The van der Waals surface area contributed by atoms with E-state index in [1.807, 2.05) is 37.3 Å². The Kier molecular flexibility index (Phi) is 4.30. The Bertz CT molecular complexity index is 596. The molecule has 0 spiro atoms. The van der Waals surface area contributed by atoms with Crippen molar-refractivity contribution in [2.45, 2.75) is 13.3 Å². The molecule has 2 rings (SSSR count). The Balaban J connectivity index is 2.28. The summed E-state index contributed by atoms with van der Waals surface area (Å²) in [5.74, 6) is 0.0602. The molecule has 0 fully saturated rings. The summed E-state index contributed by atoms with van der Waals surface area (Å²) >= 11 is 6.78. The minimum Gasteiger partial charge on any atom is -0.294 e. The number of halogens is 2. The van der Waals surface area contributed by atoms with Crippen LogP contribution in [-0.2, 0) is 6.42 Å². The van der Waals surface area contributed by atoms with Crippen LogP contribution >= 0.6 is 31.9 Å². The van der Waals surface area contributed by atoms with Crippen LogP contribution in [0.1, 0.15) is 21.6 Å². The molecule has 0 N–H and O–H groups in total. The minimum absolute atomic E-state index is 0.0602. The van der Waals surface area contributed by atoms with E-state index in [1.165, 1.54) is 0 Å². The molecule has 0 saturated heterocycles. The molecule has 4 heteroatoms. The van der Waals surface area contributed by atoms with Gasteiger partial charge in [-0.2, -0.15) is 0 Å². The monoisotopic (exact) mass is 367 g/mol. The molecule has 0 aliphatic carbocycles. The van der Waals surface area contributed by atoms with E-state index in [2.05, 4.69) is 36.8 Å². The maximum Gasteiger partial charge on any atom is 0.169 e. The third-order valence-electron chi connectivity index (χ3n) is 2.67. The normalized spacial score (nSPS) is 10.4. The highest BCUT2D eigenvalue weighted by molar-refractivity contribution is 9.11. The van der Waals surface area contributed by atoms with Gasteiger partial charge in [-0.1, -0.05) is 37.9 Å². The minimum atomic E-state index is 0.0602. The van der Waals surface area contributed by atoms with Crippen molar-refractivity contribution in [3.63, 3.8) is 0 Å². The molecule has 1 aromatic carbocycles. The summed E-state index contributed by atoms with van der Waals surface area (Å²) in [6.07, 6.45) is 2.04. The Morgan fingerprint density at radius 2 is 2.06 bits per heavy atom. The average Bonchev–Trinajstić information content (AvgIpc) is 2.35. The Labute approximate surface area is 123 Å². The van der Waals surface area contributed by atoms with Crippen LogP contribution in [0.5, 0.6) is 0 Å². The second-order valence-corrected chi connectivity index (χ2v) is 5.76. The lowest BCUT2D eigenvalue weighted by Crippen LogP contribution is -2.07. The Morgan fingerprint density at radius 3 is 2.78 bits per heavy atom. The van der Waals surface area contributed by atoms with Gasteiger partial charge in [0.2, 0.25) is 0 Å². The number of pyridine rings is 1. The highest BCUT2D eigenvalue weighted by atomic mass is 79.9. The fourth-order valence-electron chi connectivity index (χ4n) is 1.66. The largest absolute Gasteiger partial charge is 0.294 e. The smallest absolute Gasteiger partial charge is 0.169 e. The van der Waals surface area contributed by atoms with Gasteiger partial charge in [-0.05, 0) is 36.8 Å². The number of ketones is 1. The van der Waals surface area contributed by atoms with E-state index in [9.17, 15) is 4.79 Å². The van der Waals surface area contributed by atoms with E-state index in [0.29, 0.717) is 12.0 Å². The molecule has 18 heavy (non-hydrogen) atoms. The summed E-state index contributed by atoms with van der Waals surface area (Å²) in [6, 6.07) is 9.42. The predicted molar refractivity (Wildman–Crippen MR) is 78.9 cm³/mol. The van der Waals surface area contributed by atoms with E-state index >= 15 is 0 Å². The van der Waals surface area contributed by atoms with Crippen LogP contribution in [0.2, 0.25) is 0 Å². The summed E-state index contributed by atoms with van der Waals surface area (Å²) in [7, 11) is 0. The number of hydrogen-bond acceptors (Lipinski definition) is 2. The molecular formula is C14H11Br2NO. The molecule has 0 bridgehead atoms. The number of Topliss-reactive ketones (excluding diaryl/α,β-unsaturated/α-hetero) is 1. The fourth-order valence-corrected chi connectivity index (χ4v) is 2.49. The highest BCUT2D eigenvalue weighted by Crippen LogP contribution is 2.23. The van der Waals surface area contributed by atoms with Gasteiger partial charge >= 0.3 is 0 Å². The van der Waals surface area contributed by atoms with Crippen LogP contribution in [0, 0.1) is 6.92 Å². The number of carbonyl (C=O) groups is 1. The lowest BCUT2D eigenvalue weighted by Gasteiger charge is -2.06. The van der Waals surface area contributed by atoms with E-state index in [-0.39, 0.29) is 5.78 Å². The van der Waals surface area contributed by atoms with Crippen molar-refractivity contribution in [1.82, 2.24) is 4.98 Å². The fraction of sp³-hybridized carbons (Fsp3) is 0.143. The molecule has 92 valence electrons. The number of carbonyl (C=O) groups excluding carboxylic acids is 1. The van der Waals surface area contributed by atoms with Crippen molar-refractivity contribution in [2.75, 3.05) is 0 Å². The zero-order chi connectivity index (χ0) is 13.1. The summed E-state index contributed by atoms with van der Waals surface area (Å²) in [4.78, 5) is 16.5. The molecule has 1 heterocycles. The van der Waals surface area contributed by atoms with Crippen molar-refractivity contribution in [3.8, 4) is 0 Å². The van der Waals surface area contributed by atoms with Crippen molar-refractivity contribution in [2.24, 2.45) is 0 Å². The molecule has 0 aliphatic rings. The van der Waals surface area contributed by atoms with Crippen molar-refractivity contribution in [1.29, 1.82) is 0 Å². The molecule has 0 unspecified atom stereocenters. The number of benzene rings is 1. The first-order chi connectivity index (χ1) is 8.58. The second-order valence-electron chi connectivity index (χ2n) is 3.99. The molecule has 0 atom stereocenters. The van der Waals surface area contributed by atoms with Crippen LogP contribution in [0.4, 0.5) is 0 Å². The van der Waals surface area contributed by atoms with Gasteiger partial charge in [0, 0.05) is 20.7 Å². The zero-order valence-electron chi connectivity index (χ0n) is 9.78. The van der Waals surface area contributed by atoms with Gasteiger partial charge in [0.05, 0.1) is 12.1 Å². The zero-order valence-corrected chi connectivity index (χ0v) is 13.0. The van der Waals surface area contributed by atoms with Crippen LogP contribution in [0.25, 0.3) is 0 Å². The van der Waals surface area contributed by atoms with Gasteiger partial charge in [0.15, 0.2) is 5.78 Å². The van der Waals surface area contributed by atoms with Gasteiger partial charge < -0.3 is 0 Å². The number of hydrogen-bond donors (Lipinski definition) is 0. The topological polar surface area (TPSA) is 30.0 Å². The van der Waals surface area contributed by atoms with E-state index < -0.39 is 0 Å². The van der Waals surface area contributed by atoms with Crippen LogP contribution < -0.4 is 0 Å². The first-order valence-corrected chi connectivity index (χ1v) is 7.05. The number of aromatic nitrogens is 1. The van der Waals surface area contributed by atoms with E-state index in [0.717, 1.165) is 20.2 Å². The van der Waals surface area contributed by atoms with Gasteiger partial charge in [-0.3, -0.25) is 9.78 Å². The predicted octanol–water partition coefficient (Wildman–Crippen LogP) is 4.34. The Morgan fingerprint density at radius 1 is 1.28 bits per heavy atom. The molecule has 0 amide bonds. The first-order valence-electron chi connectivity index (χ1n) is 5.46. The second kappa shape index (κ2) is 5.76. The van der Waals surface area contributed by atoms with Gasteiger partial charge in [-0.25, -0.2) is 0 Å². The third-order valence-corrected chi connectivity index (χ3v) is 3.86. The SMILES string of the molecule is Cc1cccnc1CC(=O)c1cc(Br)ccc1Br. The molecule has 2 aromatic rings. The molecule has 1 aromatic heterocycles. The van der Waals surface area contributed by atoms with E-state index in [4.69, 9.17) is 0 Å². The number of aryl methyl sites for hydroxylation is 1. The van der Waals surface area contributed by atoms with E-state index in [1.54, 1.807) is 6.20 Å². The molecule has 0 aliphatic heterocycles. The number of rotatable bonds is 3. The van der Waals surface area contributed by atoms with Crippen molar-refractivity contribution >= 4 is 37.6 Å². The van der Waals surface area contributed by atoms with Gasteiger partial charge in [-0.15, -0.1) is 0 Å². The van der Waals surface area contributed by atoms with Gasteiger partial charge in [0.1, 0.15) is 0 Å². The molecular weight excluding hydrogens is 358 g/mol. The van der Waals surface area contributed by atoms with Crippen LogP contribution in [0.3, 0.4) is 0 Å². The maximum atomic E-state index is 12.2. The lowest BCUT2D eigenvalue weighted by molar-refractivity contribution is 0.0991. The standard InChI is InChI=1S/C14H11Br2NO/c1-9-3-2-6-17-13(9)8-14(18)11-7-10(15)4-5-12(11)16/h2-7H,8H2,1H3. The van der Waals surface area contributed by atoms with Crippen LogP contribution in [-0.4, -0.2) is 10.8 Å². The first kappa shape index (κ1) is 13.4. The number of nitrogens with zero attached hydrogens (tertiary/aromatic N) is 1.